The second-order valence-electron chi connectivity index (χ2n) is 12.1. The average molecular weight is 633 g/mol. The third kappa shape index (κ3) is 6.03. The molecule has 1 atom stereocenters. The number of aryl methyl sites for hydroxylation is 1. The molecular weight excluding hydrogens is 588 g/mol. The zero-order valence-electron chi connectivity index (χ0n) is 27.4. The molecule has 1 saturated heterocycles. The zero-order chi connectivity index (χ0) is 32.4. The summed E-state index contributed by atoms with van der Waals surface area (Å²) in [6, 6.07) is 4.06. The van der Waals surface area contributed by atoms with Gasteiger partial charge >= 0.3 is 0 Å². The molecule has 246 valence electrons. The van der Waals surface area contributed by atoms with Gasteiger partial charge in [-0.15, -0.1) is 0 Å². The maximum atomic E-state index is 14.0. The van der Waals surface area contributed by atoms with E-state index in [1.807, 2.05) is 30.1 Å². The number of nitrogens with one attached hydrogen (secondary N) is 1. The second-order valence-corrected chi connectivity index (χ2v) is 12.1. The number of hydrogen-bond donors (Lipinski definition) is 1. The van der Waals surface area contributed by atoms with Crippen LogP contribution < -0.4 is 24.4 Å². The van der Waals surface area contributed by atoms with Crippen molar-refractivity contribution in [3.05, 3.63) is 41.9 Å². The van der Waals surface area contributed by atoms with Crippen LogP contribution in [-0.2, 0) is 18.4 Å². The molecule has 1 N–H and O–H groups in total. The van der Waals surface area contributed by atoms with Crippen molar-refractivity contribution in [2.24, 2.45) is 13.0 Å². The Morgan fingerprint density at radius 2 is 1.87 bits per heavy atom. The Morgan fingerprint density at radius 3 is 2.63 bits per heavy atom. The molecule has 6 rings (SSSR count). The lowest BCUT2D eigenvalue weighted by Crippen LogP contribution is -2.42. The highest BCUT2D eigenvalue weighted by molar-refractivity contribution is 6.00. The molecule has 0 aliphatic carbocycles. The minimum absolute atomic E-state index is 0.0474. The molecule has 2 bridgehead atoms. The molecule has 3 aromatic heterocycles. The van der Waals surface area contributed by atoms with Crippen LogP contribution in [0.2, 0.25) is 0 Å². The van der Waals surface area contributed by atoms with E-state index in [-0.39, 0.29) is 24.2 Å². The molecule has 0 saturated carbocycles. The summed E-state index contributed by atoms with van der Waals surface area (Å²) < 4.78 is 20.8. The molecule has 0 radical (unpaired) electrons. The van der Waals surface area contributed by atoms with E-state index in [1.165, 1.54) is 0 Å². The van der Waals surface area contributed by atoms with Gasteiger partial charge in [-0.05, 0) is 31.4 Å². The van der Waals surface area contributed by atoms with Gasteiger partial charge in [-0.1, -0.05) is 6.92 Å². The predicted molar refractivity (Wildman–Crippen MR) is 175 cm³/mol. The Morgan fingerprint density at radius 1 is 1.04 bits per heavy atom. The van der Waals surface area contributed by atoms with Crippen LogP contribution in [0.4, 0.5) is 5.82 Å². The fraction of sp³-hybridized carbons (Fsp3) is 0.515. The predicted octanol–water partition coefficient (Wildman–Crippen LogP) is 2.95. The topological polar surface area (TPSA) is 119 Å². The Labute approximate surface area is 269 Å². The maximum absolute atomic E-state index is 14.0. The van der Waals surface area contributed by atoms with Gasteiger partial charge in [0.25, 0.3) is 5.91 Å². The number of piperidine rings is 1. The number of carbonyl (C=O) groups excluding carboxylic acids is 2. The van der Waals surface area contributed by atoms with Crippen LogP contribution in [0.5, 0.6) is 17.2 Å². The van der Waals surface area contributed by atoms with Gasteiger partial charge in [0.15, 0.2) is 11.5 Å². The quantitative estimate of drug-likeness (QED) is 0.354. The summed E-state index contributed by atoms with van der Waals surface area (Å²) in [5, 5.41) is 8.37. The molecular formula is C33H44N8O5. The van der Waals surface area contributed by atoms with E-state index in [4.69, 9.17) is 19.2 Å². The van der Waals surface area contributed by atoms with Crippen LogP contribution in [0.1, 0.15) is 42.1 Å². The van der Waals surface area contributed by atoms with E-state index < -0.39 is 0 Å². The Hall–Kier alpha value is -4.52. The van der Waals surface area contributed by atoms with Crippen LogP contribution in [0, 0.1) is 5.92 Å². The van der Waals surface area contributed by atoms with E-state index in [0.717, 1.165) is 60.4 Å². The molecule has 1 fully saturated rings. The number of nitrogens with zero attached hydrogens (tertiary/aromatic N) is 7. The van der Waals surface area contributed by atoms with Gasteiger partial charge in [-0.25, -0.2) is 9.50 Å². The van der Waals surface area contributed by atoms with Crippen LogP contribution >= 0.6 is 0 Å². The van der Waals surface area contributed by atoms with Crippen LogP contribution in [-0.4, -0.2) is 108 Å². The highest BCUT2D eigenvalue weighted by atomic mass is 16.5. The van der Waals surface area contributed by atoms with Crippen molar-refractivity contribution in [3.8, 4) is 17.2 Å². The van der Waals surface area contributed by atoms with Crippen molar-refractivity contribution >= 4 is 34.2 Å². The Bertz CT molecular complexity index is 1730. The first-order valence-corrected chi connectivity index (χ1v) is 16.0. The molecule has 2 aliphatic rings. The minimum Gasteiger partial charge on any atom is -0.493 e. The van der Waals surface area contributed by atoms with Gasteiger partial charge in [-0.2, -0.15) is 5.10 Å². The Balaban J connectivity index is 1.39. The molecule has 4 aromatic rings. The fourth-order valence-electron chi connectivity index (χ4n) is 6.76. The number of rotatable bonds is 5. The van der Waals surface area contributed by atoms with E-state index in [9.17, 15) is 9.59 Å². The number of anilines is 1. The average Bonchev–Trinajstić information content (AvgIpc) is 3.67. The van der Waals surface area contributed by atoms with Crippen molar-refractivity contribution in [3.63, 3.8) is 0 Å². The van der Waals surface area contributed by atoms with Gasteiger partial charge in [-0.3, -0.25) is 14.5 Å². The first-order chi connectivity index (χ1) is 22.3. The summed E-state index contributed by atoms with van der Waals surface area (Å²) >= 11 is 0. The summed E-state index contributed by atoms with van der Waals surface area (Å²) in [6.07, 6.45) is 7.59. The lowest BCUT2D eigenvalue weighted by Gasteiger charge is -2.35. The number of likely N-dealkylation sites (N-methyl/N-ethyl adjacent to an activating group) is 1. The number of aromatic nitrogens is 4. The number of imidazole rings is 1. The normalized spacial score (nSPS) is 18.5. The van der Waals surface area contributed by atoms with Gasteiger partial charge in [0.2, 0.25) is 11.7 Å². The van der Waals surface area contributed by atoms with Gasteiger partial charge in [0.1, 0.15) is 17.0 Å². The van der Waals surface area contributed by atoms with Gasteiger partial charge < -0.3 is 33.9 Å². The molecule has 0 spiro atoms. The van der Waals surface area contributed by atoms with Crippen molar-refractivity contribution in [1.82, 2.24) is 34.3 Å². The van der Waals surface area contributed by atoms with E-state index in [1.54, 1.807) is 36.9 Å². The SMILES string of the molecule is CCN1CCN(C(=O)c2cnn3ccn(C)c23)CCC(=O)NCC2CCCN(C2)c2nc3cc(OC)c(OC)c(OC)c3cc2C1. The second kappa shape index (κ2) is 13.5. The first-order valence-electron chi connectivity index (χ1n) is 16.0. The number of ether oxygens (including phenoxy) is 3. The standard InChI is InChI=1S/C33H44N8O5/c1-6-38-13-14-39(33(43)25-19-35-41-15-12-37(2)32(25)41)11-9-28(42)34-18-22-8-7-10-40(20-22)31-23(21-38)16-24-26(36-31)17-27(44-3)30(46-5)29(24)45-4/h12,15-17,19,22H,6-11,13-14,18,20-21H2,1-5H3,(H,34,42). The molecule has 13 heteroatoms. The summed E-state index contributed by atoms with van der Waals surface area (Å²) in [7, 11) is 6.74. The maximum Gasteiger partial charge on any atom is 0.259 e. The van der Waals surface area contributed by atoms with Crippen molar-refractivity contribution in [2.75, 3.05) is 72.0 Å². The minimum atomic E-state index is -0.134. The third-order valence-electron chi connectivity index (χ3n) is 9.27. The van der Waals surface area contributed by atoms with Crippen LogP contribution in [0.25, 0.3) is 16.6 Å². The number of benzene rings is 1. The zero-order valence-corrected chi connectivity index (χ0v) is 27.4. The van der Waals surface area contributed by atoms with Crippen LogP contribution in [0.15, 0.2) is 30.7 Å². The molecule has 1 unspecified atom stereocenters. The molecule has 2 amide bonds. The smallest absolute Gasteiger partial charge is 0.259 e. The number of pyridine rings is 1. The van der Waals surface area contributed by atoms with E-state index >= 15 is 0 Å². The molecule has 46 heavy (non-hydrogen) atoms. The van der Waals surface area contributed by atoms with E-state index in [2.05, 4.69) is 33.2 Å². The van der Waals surface area contributed by atoms with Crippen molar-refractivity contribution < 1.29 is 23.8 Å². The summed E-state index contributed by atoms with van der Waals surface area (Å²) in [5.74, 6) is 2.69. The summed E-state index contributed by atoms with van der Waals surface area (Å²) in [4.78, 5) is 38.7. The van der Waals surface area contributed by atoms with E-state index in [0.29, 0.717) is 55.5 Å². The highest BCUT2D eigenvalue weighted by Gasteiger charge is 2.28. The number of amides is 2. The third-order valence-corrected chi connectivity index (χ3v) is 9.27. The lowest BCUT2D eigenvalue weighted by atomic mass is 9.97. The summed E-state index contributed by atoms with van der Waals surface area (Å²) in [5.41, 5.74) is 3.08. The molecule has 5 heterocycles. The number of fused-ring (bicyclic) bond motifs is 6. The largest absolute Gasteiger partial charge is 0.493 e. The lowest BCUT2D eigenvalue weighted by molar-refractivity contribution is -0.121. The van der Waals surface area contributed by atoms with Crippen molar-refractivity contribution in [2.45, 2.75) is 32.7 Å². The molecule has 13 nitrogen and oxygen atoms in total. The summed E-state index contributed by atoms with van der Waals surface area (Å²) in [6.45, 7) is 7.17. The first kappa shape index (κ1) is 31.5. The number of carbonyl (C=O) groups is 2. The molecule has 2 aliphatic heterocycles. The highest BCUT2D eigenvalue weighted by Crippen LogP contribution is 2.44. The monoisotopic (exact) mass is 632 g/mol. The number of hydrogen-bond acceptors (Lipinski definition) is 9. The van der Waals surface area contributed by atoms with Gasteiger partial charge in [0, 0.05) is 88.7 Å². The fourth-order valence-corrected chi connectivity index (χ4v) is 6.76. The van der Waals surface area contributed by atoms with Gasteiger partial charge in [0.05, 0.1) is 33.0 Å². The molecule has 1 aromatic carbocycles. The van der Waals surface area contributed by atoms with Crippen LogP contribution in [0.3, 0.4) is 0 Å². The Kier molecular flexibility index (Phi) is 9.20. The number of methoxy groups -OCH3 is 3. The van der Waals surface area contributed by atoms with Crippen molar-refractivity contribution in [1.29, 1.82) is 0 Å².